The third kappa shape index (κ3) is 7.32. The van der Waals surface area contributed by atoms with Crippen molar-refractivity contribution in [2.45, 2.75) is 25.5 Å². The van der Waals surface area contributed by atoms with Gasteiger partial charge in [-0.25, -0.2) is 0 Å². The molecule has 1 atom stereocenters. The molecule has 0 aliphatic carbocycles. The van der Waals surface area contributed by atoms with Gasteiger partial charge in [0.2, 0.25) is 0 Å². The van der Waals surface area contributed by atoms with Crippen molar-refractivity contribution in [2.24, 2.45) is 10.9 Å². The Morgan fingerprint density at radius 1 is 1.53 bits per heavy atom. The highest BCUT2D eigenvalue weighted by molar-refractivity contribution is 14.0. The lowest BCUT2D eigenvalue weighted by molar-refractivity contribution is 0.381. The third-order valence-corrected chi connectivity index (χ3v) is 5.39. The number of hydrogen-bond acceptors (Lipinski definition) is 3. The van der Waals surface area contributed by atoms with Crippen molar-refractivity contribution in [2.75, 3.05) is 44.4 Å². The molecule has 3 nitrogen and oxygen atoms in total. The Bertz CT molecular complexity index is 262. The van der Waals surface area contributed by atoms with Crippen molar-refractivity contribution in [1.29, 1.82) is 0 Å². The Labute approximate surface area is 144 Å². The Balaban J connectivity index is 0.00000324. The maximum absolute atomic E-state index is 4.42. The highest BCUT2D eigenvalue weighted by atomic mass is 127. The fourth-order valence-corrected chi connectivity index (χ4v) is 3.75. The van der Waals surface area contributed by atoms with Crippen LogP contribution in [0.15, 0.2) is 4.99 Å². The Kier molecular flexibility index (Phi) is 11.8. The molecule has 0 aromatic rings. The van der Waals surface area contributed by atoms with Crippen molar-refractivity contribution < 1.29 is 0 Å². The first-order chi connectivity index (χ1) is 8.69. The Hall–Kier alpha value is 0.700. The predicted molar refractivity (Wildman–Crippen MR) is 102 cm³/mol. The van der Waals surface area contributed by atoms with Gasteiger partial charge in [-0.05, 0) is 24.3 Å². The van der Waals surface area contributed by atoms with E-state index in [0.717, 1.165) is 36.8 Å². The van der Waals surface area contributed by atoms with Gasteiger partial charge >= 0.3 is 0 Å². The van der Waals surface area contributed by atoms with Gasteiger partial charge in [0.25, 0.3) is 0 Å². The number of rotatable bonds is 5. The molecule has 19 heavy (non-hydrogen) atoms. The summed E-state index contributed by atoms with van der Waals surface area (Å²) in [5, 5.41) is 4.23. The number of hydrogen-bond donors (Lipinski definition) is 1. The van der Waals surface area contributed by atoms with Crippen molar-refractivity contribution >= 4 is 53.5 Å². The first-order valence-electron chi connectivity index (χ1n) is 6.75. The van der Waals surface area contributed by atoms with Gasteiger partial charge in [0, 0.05) is 37.7 Å². The van der Waals surface area contributed by atoms with Crippen LogP contribution in [-0.2, 0) is 0 Å². The summed E-state index contributed by atoms with van der Waals surface area (Å²) in [5.74, 6) is 4.26. The molecule has 1 fully saturated rings. The molecule has 0 bridgehead atoms. The van der Waals surface area contributed by atoms with Crippen LogP contribution in [-0.4, -0.2) is 60.6 Å². The average molecular weight is 417 g/mol. The van der Waals surface area contributed by atoms with Crippen molar-refractivity contribution in [1.82, 2.24) is 10.2 Å². The number of nitrogens with one attached hydrogen (secondary N) is 1. The zero-order chi connectivity index (χ0) is 13.4. The summed E-state index contributed by atoms with van der Waals surface area (Å²) in [6, 6.07) is 0. The molecule has 0 saturated carbocycles. The SMILES string of the molecule is CN=C(NCCCSC)N1CCSC(C(C)C)C1.I. The van der Waals surface area contributed by atoms with E-state index in [0.29, 0.717) is 0 Å². The molecule has 1 aliphatic rings. The normalized spacial score (nSPS) is 20.4. The minimum Gasteiger partial charge on any atom is -0.356 e. The smallest absolute Gasteiger partial charge is 0.193 e. The van der Waals surface area contributed by atoms with Gasteiger partial charge < -0.3 is 10.2 Å². The summed E-state index contributed by atoms with van der Waals surface area (Å²) < 4.78 is 0. The number of nitrogens with zero attached hydrogens (tertiary/aromatic N) is 2. The zero-order valence-electron chi connectivity index (χ0n) is 12.5. The van der Waals surface area contributed by atoms with E-state index in [1.54, 1.807) is 0 Å². The van der Waals surface area contributed by atoms with E-state index in [9.17, 15) is 0 Å². The van der Waals surface area contributed by atoms with E-state index in [1.165, 1.54) is 17.9 Å². The molecule has 1 aliphatic heterocycles. The molecule has 114 valence electrons. The predicted octanol–water partition coefficient (Wildman–Crippen LogP) is 3.01. The van der Waals surface area contributed by atoms with Gasteiger partial charge in [-0.1, -0.05) is 13.8 Å². The molecule has 0 radical (unpaired) electrons. The Morgan fingerprint density at radius 2 is 2.26 bits per heavy atom. The minimum atomic E-state index is 0. The van der Waals surface area contributed by atoms with Crippen LogP contribution in [0.4, 0.5) is 0 Å². The molecule has 6 heteroatoms. The lowest BCUT2D eigenvalue weighted by Crippen LogP contribution is -2.49. The lowest BCUT2D eigenvalue weighted by Gasteiger charge is -2.36. The van der Waals surface area contributed by atoms with Crippen molar-refractivity contribution in [3.63, 3.8) is 0 Å². The summed E-state index contributed by atoms with van der Waals surface area (Å²) in [4.78, 5) is 6.84. The maximum atomic E-state index is 4.42. The maximum Gasteiger partial charge on any atom is 0.193 e. The van der Waals surface area contributed by atoms with E-state index < -0.39 is 0 Å². The molecular formula is C13H28IN3S2. The van der Waals surface area contributed by atoms with Gasteiger partial charge in [-0.2, -0.15) is 23.5 Å². The summed E-state index contributed by atoms with van der Waals surface area (Å²) in [5.41, 5.74) is 0. The quantitative estimate of drug-likeness (QED) is 0.322. The van der Waals surface area contributed by atoms with Gasteiger partial charge in [-0.3, -0.25) is 4.99 Å². The largest absolute Gasteiger partial charge is 0.356 e. The van der Waals surface area contributed by atoms with E-state index in [-0.39, 0.29) is 24.0 Å². The number of halogens is 1. The fraction of sp³-hybridized carbons (Fsp3) is 0.923. The number of aliphatic imine (C=N–C) groups is 1. The van der Waals surface area contributed by atoms with Gasteiger partial charge in [0.1, 0.15) is 0 Å². The van der Waals surface area contributed by atoms with Gasteiger partial charge in [-0.15, -0.1) is 24.0 Å². The molecule has 0 spiro atoms. The summed E-state index contributed by atoms with van der Waals surface area (Å²) >= 11 is 4.01. The van der Waals surface area contributed by atoms with E-state index in [1.807, 2.05) is 18.8 Å². The van der Waals surface area contributed by atoms with Gasteiger partial charge in [0.15, 0.2) is 5.96 Å². The standard InChI is InChI=1S/C13H27N3S2.HI/c1-11(2)12-10-16(7-9-18-12)13(14-3)15-6-5-8-17-4;/h11-12H,5-10H2,1-4H3,(H,14,15);1H. The lowest BCUT2D eigenvalue weighted by atomic mass is 10.1. The van der Waals surface area contributed by atoms with E-state index in [4.69, 9.17) is 0 Å². The molecule has 1 unspecified atom stereocenters. The monoisotopic (exact) mass is 417 g/mol. The third-order valence-electron chi connectivity index (χ3n) is 3.16. The topological polar surface area (TPSA) is 27.6 Å². The summed E-state index contributed by atoms with van der Waals surface area (Å²) in [6.45, 7) is 7.91. The van der Waals surface area contributed by atoms with Crippen LogP contribution in [0.25, 0.3) is 0 Å². The first kappa shape index (κ1) is 19.7. The van der Waals surface area contributed by atoms with Crippen LogP contribution in [0.5, 0.6) is 0 Å². The molecular weight excluding hydrogens is 389 g/mol. The molecule has 1 rings (SSSR count). The second-order valence-corrected chi connectivity index (χ2v) is 7.25. The van der Waals surface area contributed by atoms with Crippen molar-refractivity contribution in [3.05, 3.63) is 0 Å². The van der Waals surface area contributed by atoms with E-state index in [2.05, 4.69) is 47.1 Å². The second-order valence-electron chi connectivity index (χ2n) is 4.92. The zero-order valence-corrected chi connectivity index (χ0v) is 16.5. The van der Waals surface area contributed by atoms with Crippen molar-refractivity contribution in [3.8, 4) is 0 Å². The van der Waals surface area contributed by atoms with Crippen LogP contribution in [0.2, 0.25) is 0 Å². The molecule has 1 saturated heterocycles. The van der Waals surface area contributed by atoms with E-state index >= 15 is 0 Å². The minimum absolute atomic E-state index is 0. The summed E-state index contributed by atoms with van der Waals surface area (Å²) in [6.07, 6.45) is 3.36. The molecule has 1 N–H and O–H groups in total. The highest BCUT2D eigenvalue weighted by Crippen LogP contribution is 2.24. The van der Waals surface area contributed by atoms with Crippen LogP contribution in [0.3, 0.4) is 0 Å². The number of thioether (sulfide) groups is 2. The van der Waals surface area contributed by atoms with Gasteiger partial charge in [0.05, 0.1) is 0 Å². The van der Waals surface area contributed by atoms with Crippen LogP contribution in [0, 0.1) is 5.92 Å². The first-order valence-corrected chi connectivity index (χ1v) is 9.19. The molecule has 1 heterocycles. The van der Waals surface area contributed by atoms with Crippen LogP contribution in [0.1, 0.15) is 20.3 Å². The van der Waals surface area contributed by atoms with Crippen LogP contribution >= 0.6 is 47.5 Å². The number of guanidine groups is 1. The highest BCUT2D eigenvalue weighted by Gasteiger charge is 2.24. The molecule has 0 amide bonds. The average Bonchev–Trinajstić information content (AvgIpc) is 2.39. The Morgan fingerprint density at radius 3 is 2.84 bits per heavy atom. The fourth-order valence-electron chi connectivity index (χ4n) is 2.02. The van der Waals surface area contributed by atoms with Crippen LogP contribution < -0.4 is 5.32 Å². The second kappa shape index (κ2) is 11.4. The summed E-state index contributed by atoms with van der Waals surface area (Å²) in [7, 11) is 1.89. The molecule has 0 aromatic heterocycles. The molecule has 0 aromatic carbocycles.